The van der Waals surface area contributed by atoms with E-state index >= 15 is 4.39 Å². The zero-order valence-corrected chi connectivity index (χ0v) is 43.6. The Balaban J connectivity index is 0.886. The lowest BCUT2D eigenvalue weighted by atomic mass is 9.80. The molecule has 2 aliphatic carbocycles. The van der Waals surface area contributed by atoms with Crippen molar-refractivity contribution >= 4 is 92.0 Å². The number of nitrogens with zero attached hydrogens (tertiary/aromatic N) is 6. The van der Waals surface area contributed by atoms with Crippen LogP contribution in [0.5, 0.6) is 0 Å². The number of hydrogen-bond acceptors (Lipinski definition) is 9. The van der Waals surface area contributed by atoms with Gasteiger partial charge in [0, 0.05) is 89.6 Å². The SMILES string of the molecule is CC(=O)c1cn(CC(=O)N(CC(=O)NCc2cc(-c3cccc4c3c(C(N)=O)nn4CC(=O)N(CC(=O)NCc3cccc(Cl)c3F)[C@H]3C[C@@H](CO)C3)cc(Cl)c2F)C2CC2)c2ccc(NC(=O)N3CCCC(F)(F)C3)cc12. The van der Waals surface area contributed by atoms with Crippen LogP contribution in [0, 0.1) is 17.6 Å². The van der Waals surface area contributed by atoms with Gasteiger partial charge in [-0.3, -0.25) is 33.4 Å². The first-order valence-electron chi connectivity index (χ1n) is 25.2. The highest BCUT2D eigenvalue weighted by Crippen LogP contribution is 2.37. The second kappa shape index (κ2) is 22.8. The Hall–Kier alpha value is -7.56. The summed E-state index contributed by atoms with van der Waals surface area (Å²) in [5.41, 5.74) is 7.60. The number of aliphatic hydroxyl groups excluding tert-OH is 1. The van der Waals surface area contributed by atoms with E-state index in [1.54, 1.807) is 28.8 Å². The topological polar surface area (TPSA) is 234 Å². The fraction of sp³-hybridized carbons (Fsp3) is 0.370. The van der Waals surface area contributed by atoms with Gasteiger partial charge in [0.05, 0.1) is 35.2 Å². The summed E-state index contributed by atoms with van der Waals surface area (Å²) >= 11 is 12.4. The fourth-order valence-electron chi connectivity index (χ4n) is 10.1. The predicted octanol–water partition coefficient (Wildman–Crippen LogP) is 7.03. The van der Waals surface area contributed by atoms with Gasteiger partial charge in [-0.2, -0.15) is 5.10 Å². The van der Waals surface area contributed by atoms with Crippen molar-refractivity contribution in [2.45, 2.75) is 89.6 Å². The second-order valence-electron chi connectivity index (χ2n) is 20.0. The molecule has 3 fully saturated rings. The molecule has 3 heterocycles. The number of Topliss-reactive ketones (excluding diaryl/α,β-unsaturated/α-hetero) is 1. The molecule has 0 radical (unpaired) electrons. The van der Waals surface area contributed by atoms with E-state index in [1.807, 2.05) is 0 Å². The van der Waals surface area contributed by atoms with Crippen molar-refractivity contribution in [2.24, 2.45) is 11.7 Å². The highest BCUT2D eigenvalue weighted by molar-refractivity contribution is 6.31. The van der Waals surface area contributed by atoms with Gasteiger partial charge in [-0.25, -0.2) is 22.4 Å². The molecule has 0 unspecified atom stereocenters. The summed E-state index contributed by atoms with van der Waals surface area (Å²) in [6.07, 6.45) is 3.43. The Morgan fingerprint density at radius 1 is 0.821 bits per heavy atom. The van der Waals surface area contributed by atoms with Gasteiger partial charge in [0.15, 0.2) is 11.5 Å². The van der Waals surface area contributed by atoms with Crippen LogP contribution in [0.15, 0.2) is 72.9 Å². The van der Waals surface area contributed by atoms with Crippen LogP contribution in [0.2, 0.25) is 10.0 Å². The summed E-state index contributed by atoms with van der Waals surface area (Å²) < 4.78 is 61.3. The molecule has 18 nitrogen and oxygen atoms in total. The molecule has 78 heavy (non-hydrogen) atoms. The molecule has 2 saturated carbocycles. The standard InChI is InChI=1S/C54H54Cl2F4N10O8/c1-29(72)39-22-67(42-12-9-34(19-38(39)42)64-53(78)66-14-4-13-54(59,60)28-66)25-46(75)68(35-10-11-35)23-44(73)63-21-33-17-32(18-41(56)50(33)58)37-6-3-8-43-48(37)51(52(61)77)65-70(43)26-47(76)69(36-15-30(16-36)27-71)24-45(74)62-20-31-5-2-7-40(55)49(31)57/h2-3,5-9,12,17-19,22,30,35-36,71H,4,10-11,13-16,20-21,23-28H2,1H3,(H2,61,77)(H,62,74)(H,63,73)(H,64,78)/t30-,36+. The Labute approximate surface area is 453 Å². The number of benzene rings is 4. The van der Waals surface area contributed by atoms with Crippen molar-refractivity contribution < 1.29 is 56.2 Å². The molecular formula is C54H54Cl2F4N10O8. The molecule has 4 aromatic carbocycles. The Kier molecular flexibility index (Phi) is 16.1. The number of aliphatic hydroxyl groups is 1. The van der Waals surface area contributed by atoms with E-state index < -0.39 is 85.3 Å². The summed E-state index contributed by atoms with van der Waals surface area (Å²) in [6.45, 7) is -1.42. The number of nitrogens with two attached hydrogens (primary N) is 1. The fourth-order valence-corrected chi connectivity index (χ4v) is 10.5. The van der Waals surface area contributed by atoms with Crippen LogP contribution in [0.4, 0.5) is 28.0 Å². The number of primary amides is 1. The number of rotatable bonds is 19. The average Bonchev–Trinajstić information content (AvgIpc) is 4.18. The number of amides is 7. The van der Waals surface area contributed by atoms with Crippen LogP contribution in [0.3, 0.4) is 0 Å². The van der Waals surface area contributed by atoms with Crippen LogP contribution in [-0.2, 0) is 45.4 Å². The first-order valence-corrected chi connectivity index (χ1v) is 25.9. The van der Waals surface area contributed by atoms with Crippen molar-refractivity contribution in [3.05, 3.63) is 117 Å². The largest absolute Gasteiger partial charge is 0.396 e. The van der Waals surface area contributed by atoms with Crippen LogP contribution in [-0.4, -0.2) is 126 Å². The second-order valence-corrected chi connectivity index (χ2v) is 20.8. The Morgan fingerprint density at radius 2 is 1.49 bits per heavy atom. The summed E-state index contributed by atoms with van der Waals surface area (Å²) in [4.78, 5) is 97.5. The lowest BCUT2D eigenvalue weighted by Crippen LogP contribution is -2.53. The maximum Gasteiger partial charge on any atom is 0.322 e. The number of fused-ring (bicyclic) bond motifs is 2. The molecule has 6 N–H and O–H groups in total. The third-order valence-electron chi connectivity index (χ3n) is 14.4. The first kappa shape index (κ1) is 55.2. The number of ketones is 1. The van der Waals surface area contributed by atoms with Crippen LogP contribution >= 0.6 is 23.2 Å². The highest BCUT2D eigenvalue weighted by atomic mass is 35.5. The summed E-state index contributed by atoms with van der Waals surface area (Å²) in [5.74, 6) is -8.11. The van der Waals surface area contributed by atoms with Gasteiger partial charge in [0.1, 0.15) is 24.7 Å². The van der Waals surface area contributed by atoms with Crippen molar-refractivity contribution in [1.82, 2.24) is 39.7 Å². The van der Waals surface area contributed by atoms with Crippen molar-refractivity contribution in [2.75, 3.05) is 38.1 Å². The molecule has 1 aliphatic heterocycles. The Bertz CT molecular complexity index is 3400. The molecule has 0 bridgehead atoms. The van der Waals surface area contributed by atoms with E-state index in [-0.39, 0.29) is 112 Å². The quantitative estimate of drug-likeness (QED) is 0.0413. The van der Waals surface area contributed by atoms with E-state index in [4.69, 9.17) is 28.9 Å². The predicted molar refractivity (Wildman–Crippen MR) is 281 cm³/mol. The maximum absolute atomic E-state index is 15.8. The van der Waals surface area contributed by atoms with Gasteiger partial charge in [0.2, 0.25) is 23.6 Å². The highest BCUT2D eigenvalue weighted by Gasteiger charge is 2.39. The van der Waals surface area contributed by atoms with Crippen LogP contribution in [0.25, 0.3) is 32.9 Å². The number of likely N-dealkylation sites (tertiary alicyclic amines) is 1. The molecule has 2 aromatic heterocycles. The zero-order valence-electron chi connectivity index (χ0n) is 42.1. The van der Waals surface area contributed by atoms with Gasteiger partial charge >= 0.3 is 6.03 Å². The summed E-state index contributed by atoms with van der Waals surface area (Å²) in [7, 11) is 0. The van der Waals surface area contributed by atoms with Crippen molar-refractivity contribution in [3.8, 4) is 11.1 Å². The molecule has 24 heteroatoms. The first-order chi connectivity index (χ1) is 37.2. The summed E-state index contributed by atoms with van der Waals surface area (Å²) in [5, 5.41) is 22.3. The number of piperidine rings is 1. The normalized spacial score (nSPS) is 16.8. The molecule has 7 amide bonds. The number of anilines is 1. The third-order valence-corrected chi connectivity index (χ3v) is 14.9. The van der Waals surface area contributed by atoms with E-state index in [0.29, 0.717) is 47.7 Å². The number of urea groups is 1. The number of carbonyl (C=O) groups excluding carboxylic acids is 7. The molecule has 0 spiro atoms. The molecule has 9 rings (SSSR count). The zero-order chi connectivity index (χ0) is 55.7. The van der Waals surface area contributed by atoms with Crippen molar-refractivity contribution in [3.63, 3.8) is 0 Å². The number of hydrogen-bond donors (Lipinski definition) is 5. The van der Waals surface area contributed by atoms with E-state index in [1.165, 1.54) is 70.1 Å². The van der Waals surface area contributed by atoms with Crippen LogP contribution in [0.1, 0.15) is 77.4 Å². The minimum absolute atomic E-state index is 0.0518. The number of alkyl halides is 2. The molecule has 410 valence electrons. The lowest BCUT2D eigenvalue weighted by Gasteiger charge is -2.42. The van der Waals surface area contributed by atoms with Gasteiger partial charge in [-0.05, 0) is 98.5 Å². The smallest absolute Gasteiger partial charge is 0.322 e. The minimum Gasteiger partial charge on any atom is -0.396 e. The number of halogens is 6. The van der Waals surface area contributed by atoms with E-state index in [0.717, 1.165) is 4.90 Å². The number of aromatic nitrogens is 3. The molecular weight excluding hydrogens is 1060 g/mol. The van der Waals surface area contributed by atoms with Gasteiger partial charge in [-0.15, -0.1) is 0 Å². The van der Waals surface area contributed by atoms with E-state index in [9.17, 15) is 51.8 Å². The lowest BCUT2D eigenvalue weighted by molar-refractivity contribution is -0.142. The number of carbonyl (C=O) groups is 7. The van der Waals surface area contributed by atoms with E-state index in [2.05, 4.69) is 21.0 Å². The molecule has 1 saturated heterocycles. The Morgan fingerprint density at radius 3 is 2.15 bits per heavy atom. The summed E-state index contributed by atoms with van der Waals surface area (Å²) in [6, 6.07) is 15.2. The van der Waals surface area contributed by atoms with Gasteiger partial charge in [0.25, 0.3) is 11.8 Å². The van der Waals surface area contributed by atoms with Crippen molar-refractivity contribution in [1.29, 1.82) is 0 Å². The minimum atomic E-state index is -3.00. The molecule has 0 atom stereocenters. The average molecular weight is 1120 g/mol. The van der Waals surface area contributed by atoms with Gasteiger partial charge < -0.3 is 46.1 Å². The maximum atomic E-state index is 15.8. The molecule has 6 aromatic rings. The van der Waals surface area contributed by atoms with Crippen LogP contribution < -0.4 is 21.7 Å². The number of nitrogens with one attached hydrogen (secondary N) is 3. The third kappa shape index (κ3) is 12.1. The monoisotopic (exact) mass is 1120 g/mol. The molecule has 3 aliphatic rings. The van der Waals surface area contributed by atoms with Gasteiger partial charge in [-0.1, -0.05) is 47.5 Å².